The minimum atomic E-state index is 0.985. The van der Waals surface area contributed by atoms with E-state index in [1.165, 1.54) is 0 Å². The molecule has 2 aromatic rings. The number of rotatable bonds is 4. The molecule has 0 aliphatic rings. The summed E-state index contributed by atoms with van der Waals surface area (Å²) in [5.41, 5.74) is 1.97. The average Bonchev–Trinajstić information content (AvgIpc) is 2.30. The molecule has 0 saturated heterocycles. The smallest absolute Gasteiger partial charge is 0.129 e. The first-order valence-corrected chi connectivity index (χ1v) is 7.34. The second kappa shape index (κ2) is 5.55. The third-order valence-corrected chi connectivity index (χ3v) is 3.89. The van der Waals surface area contributed by atoms with Crippen LogP contribution in [0.25, 0.3) is 11.0 Å². The number of hydrogen-bond acceptors (Lipinski definition) is 4. The van der Waals surface area contributed by atoms with E-state index in [1.54, 1.807) is 23.5 Å². The average molecular weight is 250 g/mol. The topological polar surface area (TPSA) is 25.8 Å². The van der Waals surface area contributed by atoms with Gasteiger partial charge in [-0.1, -0.05) is 26.0 Å². The van der Waals surface area contributed by atoms with Crippen molar-refractivity contribution in [2.24, 2.45) is 0 Å². The van der Waals surface area contributed by atoms with E-state index in [2.05, 4.69) is 23.8 Å². The van der Waals surface area contributed by atoms with E-state index in [1.807, 2.05) is 24.3 Å². The fourth-order valence-electron chi connectivity index (χ4n) is 1.43. The normalized spacial score (nSPS) is 10.9. The van der Waals surface area contributed by atoms with E-state index in [0.29, 0.717) is 0 Å². The van der Waals surface area contributed by atoms with Gasteiger partial charge >= 0.3 is 0 Å². The second-order valence-corrected chi connectivity index (χ2v) is 5.69. The first-order valence-electron chi connectivity index (χ1n) is 5.37. The summed E-state index contributed by atoms with van der Waals surface area (Å²) in [6.07, 6.45) is 0. The molecule has 0 N–H and O–H groups in total. The van der Waals surface area contributed by atoms with Crippen molar-refractivity contribution < 1.29 is 0 Å². The van der Waals surface area contributed by atoms with Gasteiger partial charge in [-0.3, -0.25) is 0 Å². The van der Waals surface area contributed by atoms with E-state index < -0.39 is 0 Å². The third kappa shape index (κ3) is 2.50. The van der Waals surface area contributed by atoms with E-state index in [0.717, 1.165) is 32.6 Å². The summed E-state index contributed by atoms with van der Waals surface area (Å²) in [5.74, 6) is 2.06. The van der Waals surface area contributed by atoms with E-state index >= 15 is 0 Å². The highest BCUT2D eigenvalue weighted by molar-refractivity contribution is 8.02. The Hall–Kier alpha value is -0.740. The Morgan fingerprint density at radius 2 is 1.31 bits per heavy atom. The largest absolute Gasteiger partial charge is 0.237 e. The Morgan fingerprint density at radius 1 is 0.875 bits per heavy atom. The molecular weight excluding hydrogens is 236 g/mol. The molecule has 0 unspecified atom stereocenters. The Morgan fingerprint density at radius 3 is 1.69 bits per heavy atom. The molecule has 0 atom stereocenters. The minimum absolute atomic E-state index is 0.985. The number of benzene rings is 1. The molecule has 0 spiro atoms. The van der Waals surface area contributed by atoms with Crippen molar-refractivity contribution in [2.45, 2.75) is 23.9 Å². The van der Waals surface area contributed by atoms with E-state index in [4.69, 9.17) is 0 Å². The molecule has 2 rings (SSSR count). The molecule has 1 aromatic heterocycles. The molecule has 16 heavy (non-hydrogen) atoms. The van der Waals surface area contributed by atoms with E-state index in [-0.39, 0.29) is 0 Å². The fraction of sp³-hybridized carbons (Fsp3) is 0.333. The molecule has 0 bridgehead atoms. The summed E-state index contributed by atoms with van der Waals surface area (Å²) in [6.45, 7) is 4.28. The summed E-state index contributed by atoms with van der Waals surface area (Å²) in [4.78, 5) is 9.33. The molecule has 84 valence electrons. The number of aromatic nitrogens is 2. The van der Waals surface area contributed by atoms with Crippen LogP contribution in [-0.4, -0.2) is 21.5 Å². The lowest BCUT2D eigenvalue weighted by Crippen LogP contribution is -1.92. The molecule has 0 saturated carbocycles. The minimum Gasteiger partial charge on any atom is -0.237 e. The van der Waals surface area contributed by atoms with Crippen LogP contribution < -0.4 is 0 Å². The molecule has 0 amide bonds. The van der Waals surface area contributed by atoms with Crippen LogP contribution >= 0.6 is 23.5 Å². The van der Waals surface area contributed by atoms with Gasteiger partial charge in [-0.05, 0) is 23.6 Å². The Kier molecular flexibility index (Phi) is 4.07. The van der Waals surface area contributed by atoms with Crippen molar-refractivity contribution in [3.8, 4) is 0 Å². The maximum atomic E-state index is 4.66. The highest BCUT2D eigenvalue weighted by atomic mass is 32.2. The lowest BCUT2D eigenvalue weighted by Gasteiger charge is -2.06. The van der Waals surface area contributed by atoms with Crippen LogP contribution in [-0.2, 0) is 0 Å². The van der Waals surface area contributed by atoms with Crippen molar-refractivity contribution in [3.05, 3.63) is 24.3 Å². The number of para-hydroxylation sites is 2. The highest BCUT2D eigenvalue weighted by Crippen LogP contribution is 2.29. The standard InChI is InChI=1S/C12H14N2S2/c1-3-15-11-12(16-4-2)14-10-8-6-5-7-9(10)13-11/h5-8H,3-4H2,1-2H3. The van der Waals surface area contributed by atoms with Crippen molar-refractivity contribution in [1.82, 2.24) is 9.97 Å². The molecule has 0 aliphatic heterocycles. The van der Waals surface area contributed by atoms with Crippen LogP contribution in [0.4, 0.5) is 0 Å². The number of nitrogens with zero attached hydrogens (tertiary/aromatic N) is 2. The number of hydrogen-bond donors (Lipinski definition) is 0. The summed E-state index contributed by atoms with van der Waals surface area (Å²) in [5, 5.41) is 2.13. The van der Waals surface area contributed by atoms with Gasteiger partial charge < -0.3 is 0 Å². The number of thioether (sulfide) groups is 2. The van der Waals surface area contributed by atoms with Crippen molar-refractivity contribution >= 4 is 34.6 Å². The van der Waals surface area contributed by atoms with Crippen molar-refractivity contribution in [3.63, 3.8) is 0 Å². The maximum Gasteiger partial charge on any atom is 0.129 e. The SMILES string of the molecule is CCSc1nc2ccccc2nc1SCC. The van der Waals surface area contributed by atoms with Gasteiger partial charge in [0.25, 0.3) is 0 Å². The van der Waals surface area contributed by atoms with Gasteiger partial charge in [0.2, 0.25) is 0 Å². The molecule has 0 aliphatic carbocycles. The molecule has 4 heteroatoms. The third-order valence-electron chi connectivity index (χ3n) is 2.07. The summed E-state index contributed by atoms with van der Waals surface area (Å²) >= 11 is 3.52. The van der Waals surface area contributed by atoms with Crippen molar-refractivity contribution in [2.75, 3.05) is 11.5 Å². The van der Waals surface area contributed by atoms with Crippen LogP contribution in [0.3, 0.4) is 0 Å². The maximum absolute atomic E-state index is 4.66. The van der Waals surface area contributed by atoms with E-state index in [9.17, 15) is 0 Å². The molecule has 2 nitrogen and oxygen atoms in total. The Labute approximate surface area is 104 Å². The zero-order chi connectivity index (χ0) is 11.4. The van der Waals surface area contributed by atoms with Gasteiger partial charge in [-0.25, -0.2) is 9.97 Å². The lowest BCUT2D eigenvalue weighted by atomic mass is 10.3. The van der Waals surface area contributed by atoms with Crippen LogP contribution in [0.15, 0.2) is 34.3 Å². The molecule has 1 heterocycles. The lowest BCUT2D eigenvalue weighted by molar-refractivity contribution is 0.969. The van der Waals surface area contributed by atoms with Crippen LogP contribution in [0.5, 0.6) is 0 Å². The zero-order valence-electron chi connectivity index (χ0n) is 9.43. The molecular formula is C12H14N2S2. The highest BCUT2D eigenvalue weighted by Gasteiger charge is 2.08. The first-order chi connectivity index (χ1) is 7.85. The van der Waals surface area contributed by atoms with Gasteiger partial charge in [0, 0.05) is 0 Å². The monoisotopic (exact) mass is 250 g/mol. The quantitative estimate of drug-likeness (QED) is 0.770. The summed E-state index contributed by atoms with van der Waals surface area (Å²) in [7, 11) is 0. The fourth-order valence-corrected chi connectivity index (χ4v) is 2.99. The predicted molar refractivity (Wildman–Crippen MR) is 72.3 cm³/mol. The first kappa shape index (κ1) is 11.7. The molecule has 0 fully saturated rings. The van der Waals surface area contributed by atoms with Crippen molar-refractivity contribution in [1.29, 1.82) is 0 Å². The van der Waals surface area contributed by atoms with Gasteiger partial charge in [-0.2, -0.15) is 0 Å². The number of fused-ring (bicyclic) bond motifs is 1. The predicted octanol–water partition coefficient (Wildman–Crippen LogP) is 3.85. The Balaban J connectivity index is 2.51. The summed E-state index contributed by atoms with van der Waals surface area (Å²) < 4.78 is 0. The molecule has 1 aromatic carbocycles. The zero-order valence-corrected chi connectivity index (χ0v) is 11.1. The second-order valence-electron chi connectivity index (χ2n) is 3.19. The van der Waals surface area contributed by atoms with Crippen LogP contribution in [0.2, 0.25) is 0 Å². The van der Waals surface area contributed by atoms with Gasteiger partial charge in [0.05, 0.1) is 11.0 Å². The van der Waals surface area contributed by atoms with Gasteiger partial charge in [0.15, 0.2) is 0 Å². The van der Waals surface area contributed by atoms with Gasteiger partial charge in [-0.15, -0.1) is 23.5 Å². The Bertz CT molecular complexity index is 441. The summed E-state index contributed by atoms with van der Waals surface area (Å²) in [6, 6.07) is 8.04. The van der Waals surface area contributed by atoms with Crippen LogP contribution in [0.1, 0.15) is 13.8 Å². The molecule has 0 radical (unpaired) electrons. The van der Waals surface area contributed by atoms with Gasteiger partial charge in [0.1, 0.15) is 10.1 Å². The van der Waals surface area contributed by atoms with Crippen LogP contribution in [0, 0.1) is 0 Å².